The van der Waals surface area contributed by atoms with Crippen molar-refractivity contribution in [3.8, 4) is 0 Å². The van der Waals surface area contributed by atoms with Gasteiger partial charge in [0.2, 0.25) is 0 Å². The van der Waals surface area contributed by atoms with Gasteiger partial charge in [0, 0.05) is 12.3 Å². The molecule has 106 valence electrons. The third-order valence-corrected chi connectivity index (χ3v) is 4.83. The topological polar surface area (TPSA) is 69.4 Å². The lowest BCUT2D eigenvalue weighted by Crippen LogP contribution is -2.28. The monoisotopic (exact) mass is 291 g/mol. The van der Waals surface area contributed by atoms with Crippen LogP contribution in [0.15, 0.2) is 17.0 Å². The molecule has 0 saturated carbocycles. The molecule has 1 aromatic carbocycles. The number of ether oxygens (including phenoxy) is 1. The number of hydrogen-bond donors (Lipinski definition) is 1. The predicted molar refractivity (Wildman–Crippen MR) is 66.4 cm³/mol. The first-order valence-electron chi connectivity index (χ1n) is 5.99. The van der Waals surface area contributed by atoms with E-state index in [9.17, 15) is 17.2 Å². The molecule has 0 radical (unpaired) electrons. The van der Waals surface area contributed by atoms with Gasteiger partial charge in [0.25, 0.3) is 0 Å². The number of benzene rings is 1. The fourth-order valence-corrected chi connectivity index (χ4v) is 3.77. The molecule has 4 nitrogen and oxygen atoms in total. The summed E-state index contributed by atoms with van der Waals surface area (Å²) in [5, 5.41) is 0. The predicted octanol–water partition coefficient (Wildman–Crippen LogP) is 1.89. The lowest BCUT2D eigenvalue weighted by atomic mass is 10.1. The lowest BCUT2D eigenvalue weighted by Gasteiger charge is -2.22. The van der Waals surface area contributed by atoms with E-state index in [2.05, 4.69) is 0 Å². The summed E-state index contributed by atoms with van der Waals surface area (Å²) in [6.45, 7) is 0.479. The van der Waals surface area contributed by atoms with Gasteiger partial charge in [-0.05, 0) is 31.4 Å². The summed E-state index contributed by atoms with van der Waals surface area (Å²) in [5.41, 5.74) is 5.11. The maximum absolute atomic E-state index is 13.6. The summed E-state index contributed by atoms with van der Waals surface area (Å²) in [4.78, 5) is -0.920. The highest BCUT2D eigenvalue weighted by Crippen LogP contribution is 2.25. The van der Waals surface area contributed by atoms with Crippen LogP contribution in [-0.2, 0) is 14.6 Å². The van der Waals surface area contributed by atoms with Crippen molar-refractivity contribution in [3.63, 3.8) is 0 Å². The third kappa shape index (κ3) is 3.22. The molecule has 1 saturated heterocycles. The molecule has 1 unspecified atom stereocenters. The number of nitrogens with two attached hydrogens (primary N) is 1. The molecule has 1 aliphatic rings. The van der Waals surface area contributed by atoms with Gasteiger partial charge in [0.15, 0.2) is 9.84 Å². The minimum absolute atomic E-state index is 0.150. The van der Waals surface area contributed by atoms with Crippen LogP contribution in [0.2, 0.25) is 0 Å². The molecular weight excluding hydrogens is 276 g/mol. The maximum Gasteiger partial charge on any atom is 0.186 e. The van der Waals surface area contributed by atoms with Crippen LogP contribution in [0.1, 0.15) is 19.3 Å². The first kappa shape index (κ1) is 14.2. The van der Waals surface area contributed by atoms with Gasteiger partial charge < -0.3 is 10.5 Å². The van der Waals surface area contributed by atoms with Crippen molar-refractivity contribution in [2.45, 2.75) is 30.3 Å². The Bertz CT molecular complexity index is 545. The summed E-state index contributed by atoms with van der Waals surface area (Å²) in [6, 6.07) is 1.61. The highest BCUT2D eigenvalue weighted by Gasteiger charge is 2.29. The third-order valence-electron chi connectivity index (χ3n) is 3.01. The summed E-state index contributed by atoms with van der Waals surface area (Å²) < 4.78 is 56.6. The smallest absolute Gasteiger partial charge is 0.186 e. The minimum atomic E-state index is -4.07. The molecule has 1 heterocycles. The van der Waals surface area contributed by atoms with E-state index in [1.54, 1.807) is 0 Å². The van der Waals surface area contributed by atoms with E-state index in [1.807, 2.05) is 0 Å². The number of rotatable bonds is 3. The summed E-state index contributed by atoms with van der Waals surface area (Å²) in [6.07, 6.45) is 1.81. The zero-order chi connectivity index (χ0) is 14.0. The minimum Gasteiger partial charge on any atom is -0.399 e. The van der Waals surface area contributed by atoms with Crippen LogP contribution in [0.3, 0.4) is 0 Å². The van der Waals surface area contributed by atoms with Gasteiger partial charge in [-0.1, -0.05) is 0 Å². The standard InChI is InChI=1S/C12H15F2NO3S/c13-10-5-8(15)6-11(14)12(10)19(16,17)7-9-3-1-2-4-18-9/h5-6,9H,1-4,7,15H2. The number of halogens is 2. The van der Waals surface area contributed by atoms with Gasteiger partial charge in [0.1, 0.15) is 16.5 Å². The van der Waals surface area contributed by atoms with Crippen LogP contribution in [0.4, 0.5) is 14.5 Å². The average molecular weight is 291 g/mol. The van der Waals surface area contributed by atoms with Gasteiger partial charge >= 0.3 is 0 Å². The van der Waals surface area contributed by atoms with Gasteiger partial charge in [-0.25, -0.2) is 17.2 Å². The molecule has 2 rings (SSSR count). The van der Waals surface area contributed by atoms with E-state index >= 15 is 0 Å². The molecule has 7 heteroatoms. The molecular formula is C12H15F2NO3S. The SMILES string of the molecule is Nc1cc(F)c(S(=O)(=O)CC2CCCCO2)c(F)c1. The van der Waals surface area contributed by atoms with Crippen molar-refractivity contribution in [3.05, 3.63) is 23.8 Å². The molecule has 0 amide bonds. The van der Waals surface area contributed by atoms with Gasteiger partial charge in [-0.15, -0.1) is 0 Å². The largest absolute Gasteiger partial charge is 0.399 e. The highest BCUT2D eigenvalue weighted by atomic mass is 32.2. The number of sulfone groups is 1. The molecule has 0 aliphatic carbocycles. The Hall–Kier alpha value is -1.21. The summed E-state index contributed by atoms with van der Waals surface area (Å²) in [7, 11) is -4.07. The molecule has 1 aromatic rings. The normalized spacial score (nSPS) is 20.4. The second kappa shape index (κ2) is 5.42. The van der Waals surface area contributed by atoms with Crippen molar-refractivity contribution >= 4 is 15.5 Å². The zero-order valence-electron chi connectivity index (χ0n) is 10.2. The fourth-order valence-electron chi connectivity index (χ4n) is 2.14. The van der Waals surface area contributed by atoms with E-state index in [0.29, 0.717) is 13.0 Å². The number of nitrogen functional groups attached to an aromatic ring is 1. The molecule has 1 aliphatic heterocycles. The van der Waals surface area contributed by atoms with Crippen LogP contribution in [-0.4, -0.2) is 26.9 Å². The van der Waals surface area contributed by atoms with E-state index in [1.165, 1.54) is 0 Å². The van der Waals surface area contributed by atoms with Crippen LogP contribution < -0.4 is 5.73 Å². The number of anilines is 1. The Morgan fingerprint density at radius 2 is 1.89 bits per heavy atom. The highest BCUT2D eigenvalue weighted by molar-refractivity contribution is 7.91. The summed E-state index contributed by atoms with van der Waals surface area (Å²) >= 11 is 0. The Morgan fingerprint density at radius 3 is 2.42 bits per heavy atom. The van der Waals surface area contributed by atoms with Crippen molar-refractivity contribution in [2.24, 2.45) is 0 Å². The zero-order valence-corrected chi connectivity index (χ0v) is 11.1. The maximum atomic E-state index is 13.6. The first-order chi connectivity index (χ1) is 8.90. The number of hydrogen-bond acceptors (Lipinski definition) is 4. The molecule has 0 spiro atoms. The van der Waals surface area contributed by atoms with E-state index in [-0.39, 0.29) is 5.69 Å². The van der Waals surface area contributed by atoms with Gasteiger partial charge in [0.05, 0.1) is 11.9 Å². The molecule has 19 heavy (non-hydrogen) atoms. The van der Waals surface area contributed by atoms with Crippen molar-refractivity contribution < 1.29 is 21.9 Å². The van der Waals surface area contributed by atoms with Crippen LogP contribution in [0, 0.1) is 11.6 Å². The van der Waals surface area contributed by atoms with Crippen LogP contribution in [0.25, 0.3) is 0 Å². The Balaban J connectivity index is 2.29. The van der Waals surface area contributed by atoms with Crippen molar-refractivity contribution in [1.29, 1.82) is 0 Å². The Labute approximate surface area is 110 Å². The van der Waals surface area contributed by atoms with Crippen LogP contribution in [0.5, 0.6) is 0 Å². The van der Waals surface area contributed by atoms with E-state index in [4.69, 9.17) is 10.5 Å². The second-order valence-corrected chi connectivity index (χ2v) is 6.55. The Kier molecular flexibility index (Phi) is 4.05. The average Bonchev–Trinajstić information content (AvgIpc) is 2.27. The second-order valence-electron chi connectivity index (χ2n) is 4.58. The van der Waals surface area contributed by atoms with Gasteiger partial charge in [-0.3, -0.25) is 0 Å². The molecule has 0 aromatic heterocycles. The van der Waals surface area contributed by atoms with Gasteiger partial charge in [-0.2, -0.15) is 0 Å². The fraction of sp³-hybridized carbons (Fsp3) is 0.500. The quantitative estimate of drug-likeness (QED) is 0.863. The van der Waals surface area contributed by atoms with Crippen LogP contribution >= 0.6 is 0 Å². The first-order valence-corrected chi connectivity index (χ1v) is 7.64. The van der Waals surface area contributed by atoms with Crippen molar-refractivity contribution in [2.75, 3.05) is 18.1 Å². The molecule has 1 fully saturated rings. The molecule has 2 N–H and O–H groups in total. The molecule has 0 bridgehead atoms. The van der Waals surface area contributed by atoms with Crippen molar-refractivity contribution in [1.82, 2.24) is 0 Å². The summed E-state index contributed by atoms with van der Waals surface area (Å²) in [5.74, 6) is -2.73. The van der Waals surface area contributed by atoms with E-state index < -0.39 is 38.2 Å². The molecule has 1 atom stereocenters. The lowest BCUT2D eigenvalue weighted by molar-refractivity contribution is 0.0305. The Morgan fingerprint density at radius 1 is 1.26 bits per heavy atom. The van der Waals surface area contributed by atoms with E-state index in [0.717, 1.165) is 25.0 Å².